The molecule has 0 aliphatic heterocycles. The standard InChI is InChI=1S/C13H10O7/c1-6(14)18-11-10-8(16)4-3-5-9(10)20-13(17)12(11)19-7(2)15/h3-5,16H,1-2H3. The minimum Gasteiger partial charge on any atom is -0.507 e. The van der Waals surface area contributed by atoms with Crippen molar-refractivity contribution in [2.75, 3.05) is 0 Å². The van der Waals surface area contributed by atoms with Gasteiger partial charge in [-0.3, -0.25) is 9.59 Å². The number of rotatable bonds is 2. The molecule has 2 rings (SSSR count). The van der Waals surface area contributed by atoms with E-state index in [-0.39, 0.29) is 22.5 Å². The molecule has 20 heavy (non-hydrogen) atoms. The lowest BCUT2D eigenvalue weighted by Gasteiger charge is -2.10. The van der Waals surface area contributed by atoms with E-state index >= 15 is 0 Å². The lowest BCUT2D eigenvalue weighted by Crippen LogP contribution is -2.14. The Morgan fingerprint density at radius 2 is 1.70 bits per heavy atom. The molecule has 0 saturated heterocycles. The van der Waals surface area contributed by atoms with Crippen molar-refractivity contribution in [2.45, 2.75) is 13.8 Å². The molecule has 0 spiro atoms. The molecular weight excluding hydrogens is 268 g/mol. The first-order chi connectivity index (χ1) is 9.40. The number of carbonyl (C=O) groups excluding carboxylic acids is 2. The molecule has 0 radical (unpaired) electrons. The Labute approximate surface area is 112 Å². The van der Waals surface area contributed by atoms with E-state index in [1.54, 1.807) is 0 Å². The summed E-state index contributed by atoms with van der Waals surface area (Å²) in [5, 5.41) is 9.79. The van der Waals surface area contributed by atoms with E-state index in [2.05, 4.69) is 0 Å². The number of ether oxygens (including phenoxy) is 2. The highest BCUT2D eigenvalue weighted by Gasteiger charge is 2.22. The maximum atomic E-state index is 11.8. The largest absolute Gasteiger partial charge is 0.507 e. The van der Waals surface area contributed by atoms with Gasteiger partial charge in [-0.2, -0.15) is 0 Å². The summed E-state index contributed by atoms with van der Waals surface area (Å²) in [7, 11) is 0. The number of hydrogen-bond acceptors (Lipinski definition) is 7. The van der Waals surface area contributed by atoms with Gasteiger partial charge in [-0.05, 0) is 12.1 Å². The Morgan fingerprint density at radius 1 is 1.10 bits per heavy atom. The molecule has 0 aliphatic carbocycles. The van der Waals surface area contributed by atoms with Gasteiger partial charge < -0.3 is 19.0 Å². The summed E-state index contributed by atoms with van der Waals surface area (Å²) in [5.74, 6) is -2.75. The fourth-order valence-electron chi connectivity index (χ4n) is 1.66. The average molecular weight is 278 g/mol. The number of carbonyl (C=O) groups is 2. The topological polar surface area (TPSA) is 103 Å². The molecule has 104 valence electrons. The minimum absolute atomic E-state index is 0.00199. The monoisotopic (exact) mass is 278 g/mol. The van der Waals surface area contributed by atoms with Gasteiger partial charge in [0.15, 0.2) is 5.75 Å². The Kier molecular flexibility index (Phi) is 3.43. The highest BCUT2D eigenvalue weighted by Crippen LogP contribution is 2.38. The molecule has 0 atom stereocenters. The zero-order chi connectivity index (χ0) is 14.9. The number of fused-ring (bicyclic) bond motifs is 1. The lowest BCUT2D eigenvalue weighted by atomic mass is 10.2. The van der Waals surface area contributed by atoms with Gasteiger partial charge in [-0.1, -0.05) is 6.07 Å². The summed E-state index contributed by atoms with van der Waals surface area (Å²) in [6.07, 6.45) is 0. The van der Waals surface area contributed by atoms with E-state index in [1.165, 1.54) is 18.2 Å². The number of phenols is 1. The van der Waals surface area contributed by atoms with Crippen LogP contribution in [0, 0.1) is 0 Å². The number of esters is 2. The van der Waals surface area contributed by atoms with Crippen LogP contribution in [0.1, 0.15) is 13.8 Å². The number of benzene rings is 1. The predicted molar refractivity (Wildman–Crippen MR) is 66.8 cm³/mol. The van der Waals surface area contributed by atoms with Crippen LogP contribution in [-0.4, -0.2) is 17.0 Å². The van der Waals surface area contributed by atoms with Crippen LogP contribution in [0.15, 0.2) is 27.4 Å². The van der Waals surface area contributed by atoms with E-state index in [0.717, 1.165) is 13.8 Å². The van der Waals surface area contributed by atoms with Gasteiger partial charge in [0, 0.05) is 13.8 Å². The molecule has 0 unspecified atom stereocenters. The Balaban J connectivity index is 2.85. The SMILES string of the molecule is CC(=O)Oc1c(OC(C)=O)c2c(O)cccc2oc1=O. The summed E-state index contributed by atoms with van der Waals surface area (Å²) in [4.78, 5) is 33.9. The van der Waals surface area contributed by atoms with E-state index in [9.17, 15) is 19.5 Å². The Hall–Kier alpha value is -2.83. The second kappa shape index (κ2) is 5.04. The summed E-state index contributed by atoms with van der Waals surface area (Å²) < 4.78 is 14.5. The number of aromatic hydroxyl groups is 1. The van der Waals surface area contributed by atoms with Crippen LogP contribution in [0.3, 0.4) is 0 Å². The van der Waals surface area contributed by atoms with Gasteiger partial charge in [-0.25, -0.2) is 4.79 Å². The molecule has 0 bridgehead atoms. The summed E-state index contributed by atoms with van der Waals surface area (Å²) in [6.45, 7) is 2.18. The maximum Gasteiger partial charge on any atom is 0.383 e. The van der Waals surface area contributed by atoms with Crippen molar-refractivity contribution in [2.24, 2.45) is 0 Å². The molecule has 2 aromatic rings. The first-order valence-corrected chi connectivity index (χ1v) is 5.55. The first kappa shape index (κ1) is 13.6. The van der Waals surface area contributed by atoms with E-state index in [1.807, 2.05) is 0 Å². The second-order valence-corrected chi connectivity index (χ2v) is 3.89. The average Bonchev–Trinajstić information content (AvgIpc) is 2.32. The predicted octanol–water partition coefficient (Wildman–Crippen LogP) is 1.35. The third-order valence-corrected chi connectivity index (χ3v) is 2.32. The summed E-state index contributed by atoms with van der Waals surface area (Å²) in [5.41, 5.74) is -0.989. The van der Waals surface area contributed by atoms with E-state index in [4.69, 9.17) is 13.9 Å². The van der Waals surface area contributed by atoms with Gasteiger partial charge in [0.25, 0.3) is 5.75 Å². The van der Waals surface area contributed by atoms with Crippen LogP contribution in [0.2, 0.25) is 0 Å². The van der Waals surface area contributed by atoms with Gasteiger partial charge in [0.2, 0.25) is 0 Å². The van der Waals surface area contributed by atoms with Crippen molar-refractivity contribution in [1.82, 2.24) is 0 Å². The van der Waals surface area contributed by atoms with Crippen LogP contribution in [0.5, 0.6) is 17.2 Å². The van der Waals surface area contributed by atoms with Gasteiger partial charge in [0.1, 0.15) is 16.7 Å². The van der Waals surface area contributed by atoms with Crippen LogP contribution in [0.25, 0.3) is 11.0 Å². The van der Waals surface area contributed by atoms with E-state index in [0.29, 0.717) is 0 Å². The Morgan fingerprint density at radius 3 is 2.30 bits per heavy atom. The fourth-order valence-corrected chi connectivity index (χ4v) is 1.66. The first-order valence-electron chi connectivity index (χ1n) is 5.55. The third-order valence-electron chi connectivity index (χ3n) is 2.32. The molecule has 1 heterocycles. The highest BCUT2D eigenvalue weighted by atomic mass is 16.6. The second-order valence-electron chi connectivity index (χ2n) is 3.89. The van der Waals surface area contributed by atoms with Crippen molar-refractivity contribution < 1.29 is 28.6 Å². The van der Waals surface area contributed by atoms with Crippen molar-refractivity contribution >= 4 is 22.9 Å². The lowest BCUT2D eigenvalue weighted by molar-refractivity contribution is -0.134. The molecule has 0 aliphatic rings. The molecule has 0 fully saturated rings. The normalized spacial score (nSPS) is 10.3. The zero-order valence-corrected chi connectivity index (χ0v) is 10.6. The van der Waals surface area contributed by atoms with Gasteiger partial charge >= 0.3 is 17.6 Å². The molecule has 1 N–H and O–H groups in total. The summed E-state index contributed by atoms with van der Waals surface area (Å²) in [6, 6.07) is 4.16. The van der Waals surface area contributed by atoms with Gasteiger partial charge in [-0.15, -0.1) is 0 Å². The molecule has 7 heteroatoms. The maximum absolute atomic E-state index is 11.8. The quantitative estimate of drug-likeness (QED) is 0.653. The van der Waals surface area contributed by atoms with Crippen molar-refractivity contribution in [3.63, 3.8) is 0 Å². The van der Waals surface area contributed by atoms with Crippen molar-refractivity contribution in [3.8, 4) is 17.2 Å². The Bertz CT molecular complexity index is 757. The third kappa shape index (κ3) is 2.46. The van der Waals surface area contributed by atoms with Crippen molar-refractivity contribution in [3.05, 3.63) is 28.6 Å². The fraction of sp³-hybridized carbons (Fsp3) is 0.154. The van der Waals surface area contributed by atoms with Crippen LogP contribution < -0.4 is 15.1 Å². The van der Waals surface area contributed by atoms with E-state index < -0.39 is 23.3 Å². The van der Waals surface area contributed by atoms with Crippen LogP contribution in [0.4, 0.5) is 0 Å². The number of phenolic OH excluding ortho intramolecular Hbond substituents is 1. The minimum atomic E-state index is -0.991. The summed E-state index contributed by atoms with van der Waals surface area (Å²) >= 11 is 0. The highest BCUT2D eigenvalue weighted by molar-refractivity contribution is 5.93. The van der Waals surface area contributed by atoms with Crippen LogP contribution in [-0.2, 0) is 9.59 Å². The molecular formula is C13H10O7. The molecule has 0 saturated carbocycles. The smallest absolute Gasteiger partial charge is 0.383 e. The molecule has 1 aromatic carbocycles. The molecule has 1 aromatic heterocycles. The molecule has 0 amide bonds. The number of hydrogen-bond donors (Lipinski definition) is 1. The zero-order valence-electron chi connectivity index (χ0n) is 10.6. The van der Waals surface area contributed by atoms with Crippen molar-refractivity contribution in [1.29, 1.82) is 0 Å². The van der Waals surface area contributed by atoms with Gasteiger partial charge in [0.05, 0.1) is 0 Å². The molecule has 7 nitrogen and oxygen atoms in total. The van der Waals surface area contributed by atoms with Crippen LogP contribution >= 0.6 is 0 Å².